The van der Waals surface area contributed by atoms with Crippen molar-refractivity contribution in [2.75, 3.05) is 6.54 Å². The largest absolute Gasteiger partial charge is 0.402 e. The Morgan fingerprint density at radius 2 is 1.43 bits per heavy atom. The first-order chi connectivity index (χ1) is 9.55. The van der Waals surface area contributed by atoms with Crippen LogP contribution >= 0.6 is 0 Å². The second kappa shape index (κ2) is 6.64. The van der Waals surface area contributed by atoms with Gasteiger partial charge in [-0.2, -0.15) is 26.3 Å². The van der Waals surface area contributed by atoms with E-state index in [0.29, 0.717) is 0 Å². The third-order valence-corrected chi connectivity index (χ3v) is 2.94. The number of hydrogen-bond acceptors (Lipinski definition) is 1. The van der Waals surface area contributed by atoms with E-state index in [1.54, 1.807) is 0 Å². The molecule has 0 fully saturated rings. The zero-order chi connectivity index (χ0) is 16.3. The molecule has 8 heteroatoms. The molecule has 0 aliphatic rings. The van der Waals surface area contributed by atoms with E-state index in [2.05, 4.69) is 5.32 Å². The van der Waals surface area contributed by atoms with Gasteiger partial charge in [-0.25, -0.2) is 4.39 Å². The number of halogens is 7. The van der Waals surface area contributed by atoms with E-state index < -0.39 is 36.6 Å². The van der Waals surface area contributed by atoms with E-state index in [1.807, 2.05) is 0 Å². The summed E-state index contributed by atoms with van der Waals surface area (Å²) >= 11 is 0. The summed E-state index contributed by atoms with van der Waals surface area (Å²) in [4.78, 5) is 0. The molecule has 1 atom stereocenters. The van der Waals surface area contributed by atoms with Gasteiger partial charge in [0.15, 0.2) is 5.92 Å². The van der Waals surface area contributed by atoms with Crippen molar-refractivity contribution in [3.63, 3.8) is 0 Å². The van der Waals surface area contributed by atoms with Crippen LogP contribution in [-0.4, -0.2) is 24.9 Å². The molecule has 0 radical (unpaired) electrons. The Bertz CT molecular complexity index is 421. The monoisotopic (exact) mass is 317 g/mol. The molecule has 0 saturated carbocycles. The summed E-state index contributed by atoms with van der Waals surface area (Å²) in [6.07, 6.45) is -11.3. The molecule has 1 unspecified atom stereocenters. The van der Waals surface area contributed by atoms with E-state index in [0.717, 1.165) is 12.1 Å². The Balaban J connectivity index is 3.04. The lowest BCUT2D eigenvalue weighted by atomic mass is 9.92. The van der Waals surface area contributed by atoms with Crippen molar-refractivity contribution < 1.29 is 30.7 Å². The molecule has 0 bridgehead atoms. The molecule has 0 aliphatic carbocycles. The van der Waals surface area contributed by atoms with E-state index in [1.165, 1.54) is 19.1 Å². The molecule has 1 rings (SSSR count). The van der Waals surface area contributed by atoms with Gasteiger partial charge < -0.3 is 5.32 Å². The lowest BCUT2D eigenvalue weighted by Crippen LogP contribution is -2.52. The number of rotatable bonds is 5. The first kappa shape index (κ1) is 17.7. The molecule has 0 amide bonds. The molecule has 0 saturated heterocycles. The molecule has 0 aromatic heterocycles. The van der Waals surface area contributed by atoms with Crippen LogP contribution in [0, 0.1) is 11.7 Å². The average Bonchev–Trinajstić information content (AvgIpc) is 2.28. The van der Waals surface area contributed by atoms with Crippen LogP contribution in [0.5, 0.6) is 0 Å². The van der Waals surface area contributed by atoms with E-state index in [-0.39, 0.29) is 12.1 Å². The van der Waals surface area contributed by atoms with Gasteiger partial charge in [0.05, 0.1) is 0 Å². The molecule has 1 N–H and O–H groups in total. The first-order valence-corrected chi connectivity index (χ1v) is 6.17. The SMILES string of the molecule is CCNC(Cc1ccc(F)cc1)C(C(F)(F)F)C(F)(F)F. The average molecular weight is 317 g/mol. The molecule has 0 heterocycles. The summed E-state index contributed by atoms with van der Waals surface area (Å²) in [5, 5.41) is 2.23. The van der Waals surface area contributed by atoms with Gasteiger partial charge in [-0.3, -0.25) is 0 Å². The highest BCUT2D eigenvalue weighted by Crippen LogP contribution is 2.42. The first-order valence-electron chi connectivity index (χ1n) is 6.17. The highest BCUT2D eigenvalue weighted by atomic mass is 19.4. The molecular formula is C13H14F7N. The predicted molar refractivity (Wildman–Crippen MR) is 63.2 cm³/mol. The standard InChI is InChI=1S/C13H14F7N/c1-2-21-10(7-8-3-5-9(14)6-4-8)11(12(15,16)17)13(18,19)20/h3-6,10-11,21H,2,7H2,1H3. The van der Waals surface area contributed by atoms with Gasteiger partial charge >= 0.3 is 12.4 Å². The lowest BCUT2D eigenvalue weighted by molar-refractivity contribution is -0.291. The maximum absolute atomic E-state index is 12.7. The molecule has 1 aromatic rings. The number of hydrogen-bond donors (Lipinski definition) is 1. The highest BCUT2D eigenvalue weighted by Gasteiger charge is 2.59. The Hall–Kier alpha value is -1.31. The van der Waals surface area contributed by atoms with Crippen LogP contribution in [-0.2, 0) is 6.42 Å². The topological polar surface area (TPSA) is 12.0 Å². The van der Waals surface area contributed by atoms with Gasteiger partial charge in [-0.15, -0.1) is 0 Å². The van der Waals surface area contributed by atoms with Crippen LogP contribution < -0.4 is 5.32 Å². The predicted octanol–water partition coefficient (Wildman–Crippen LogP) is 4.09. The van der Waals surface area contributed by atoms with Crippen molar-refractivity contribution in [3.05, 3.63) is 35.6 Å². The van der Waals surface area contributed by atoms with Gasteiger partial charge in [-0.05, 0) is 30.7 Å². The van der Waals surface area contributed by atoms with Crippen molar-refractivity contribution in [1.82, 2.24) is 5.32 Å². The summed E-state index contributed by atoms with van der Waals surface area (Å²) in [5.41, 5.74) is 0.195. The minimum atomic E-state index is -5.41. The van der Waals surface area contributed by atoms with E-state index >= 15 is 0 Å². The van der Waals surface area contributed by atoms with Crippen LogP contribution in [0.25, 0.3) is 0 Å². The molecule has 1 aromatic carbocycles. The Morgan fingerprint density at radius 1 is 0.952 bits per heavy atom. The second-order valence-electron chi connectivity index (χ2n) is 4.56. The Morgan fingerprint density at radius 3 is 1.81 bits per heavy atom. The zero-order valence-corrected chi connectivity index (χ0v) is 11.0. The zero-order valence-electron chi connectivity index (χ0n) is 11.0. The van der Waals surface area contributed by atoms with Crippen LogP contribution in [0.3, 0.4) is 0 Å². The summed E-state index contributed by atoms with van der Waals surface area (Å²) in [6, 6.07) is 2.47. The van der Waals surface area contributed by atoms with Gasteiger partial charge in [0, 0.05) is 6.04 Å². The van der Waals surface area contributed by atoms with Gasteiger partial charge in [0.25, 0.3) is 0 Å². The normalized spacial score (nSPS) is 14.5. The van der Waals surface area contributed by atoms with Crippen molar-refractivity contribution in [1.29, 1.82) is 0 Å². The quantitative estimate of drug-likeness (QED) is 0.807. The number of likely N-dealkylation sites (N-methyl/N-ethyl adjacent to an activating group) is 1. The molecule has 0 aliphatic heterocycles. The van der Waals surface area contributed by atoms with E-state index in [4.69, 9.17) is 0 Å². The van der Waals surface area contributed by atoms with E-state index in [9.17, 15) is 30.7 Å². The minimum Gasteiger partial charge on any atom is -0.313 e. The van der Waals surface area contributed by atoms with Crippen molar-refractivity contribution in [2.24, 2.45) is 5.92 Å². The maximum Gasteiger partial charge on any atom is 0.402 e. The molecular weight excluding hydrogens is 303 g/mol. The highest BCUT2D eigenvalue weighted by molar-refractivity contribution is 5.17. The fraction of sp³-hybridized carbons (Fsp3) is 0.538. The third-order valence-electron chi connectivity index (χ3n) is 2.94. The fourth-order valence-electron chi connectivity index (χ4n) is 2.09. The van der Waals surface area contributed by atoms with Crippen molar-refractivity contribution in [2.45, 2.75) is 31.7 Å². The van der Waals surface area contributed by atoms with Gasteiger partial charge in [0.2, 0.25) is 0 Å². The Kier molecular flexibility index (Phi) is 5.61. The second-order valence-corrected chi connectivity index (χ2v) is 4.56. The minimum absolute atomic E-state index is 0.0471. The maximum atomic E-state index is 12.7. The number of nitrogens with one attached hydrogen (secondary N) is 1. The van der Waals surface area contributed by atoms with Crippen LogP contribution in [0.1, 0.15) is 12.5 Å². The molecule has 1 nitrogen and oxygen atoms in total. The number of benzene rings is 1. The summed E-state index contributed by atoms with van der Waals surface area (Å²) in [5.74, 6) is -4.09. The smallest absolute Gasteiger partial charge is 0.313 e. The van der Waals surface area contributed by atoms with Gasteiger partial charge in [-0.1, -0.05) is 19.1 Å². The summed E-state index contributed by atoms with van der Waals surface area (Å²) in [6.45, 7) is 1.37. The lowest BCUT2D eigenvalue weighted by Gasteiger charge is -2.31. The molecule has 0 spiro atoms. The van der Waals surface area contributed by atoms with Crippen LogP contribution in [0.4, 0.5) is 30.7 Å². The third kappa shape index (κ3) is 5.18. The summed E-state index contributed by atoms with van der Waals surface area (Å²) in [7, 11) is 0. The molecule has 120 valence electrons. The number of alkyl halides is 6. The summed E-state index contributed by atoms with van der Waals surface area (Å²) < 4.78 is 89.2. The van der Waals surface area contributed by atoms with Crippen LogP contribution in [0.15, 0.2) is 24.3 Å². The van der Waals surface area contributed by atoms with Gasteiger partial charge in [0.1, 0.15) is 5.82 Å². The molecule has 21 heavy (non-hydrogen) atoms. The van der Waals surface area contributed by atoms with Crippen LogP contribution in [0.2, 0.25) is 0 Å². The van der Waals surface area contributed by atoms with Crippen molar-refractivity contribution in [3.8, 4) is 0 Å². The van der Waals surface area contributed by atoms with Crippen molar-refractivity contribution >= 4 is 0 Å². The fourth-order valence-corrected chi connectivity index (χ4v) is 2.09. The Labute approximate surface area is 117 Å².